The Kier molecular flexibility index (Phi) is 42.4. The Hall–Kier alpha value is -1.25. The van der Waals surface area contributed by atoms with Gasteiger partial charge in [-0.15, -0.1) is 0 Å². The second-order valence-corrected chi connectivity index (χ2v) is 17.4. The highest BCUT2D eigenvalue weighted by atomic mass is 31.2. The number of esters is 2. The van der Waals surface area contributed by atoms with E-state index < -0.39 is 26.5 Å². The zero-order chi connectivity index (χ0) is 41.1. The first-order valence-corrected chi connectivity index (χ1v) is 25.2. The van der Waals surface area contributed by atoms with Gasteiger partial charge in [0.25, 0.3) is 0 Å². The molecule has 0 aromatic rings. The lowest BCUT2D eigenvalue weighted by molar-refractivity contribution is -0.161. The summed E-state index contributed by atoms with van der Waals surface area (Å²) in [5.74, 6) is -0.824. The lowest BCUT2D eigenvalue weighted by Gasteiger charge is -2.19. The SMILES string of the molecule is CCCCCCCCC/C=C\CCCCCCCC(=O)OC(COC(=O)CCCCCCCCCCCCCCCCCCCCC)COP(=O)(O)OCCN. The number of ether oxygens (including phenoxy) is 2. The maximum atomic E-state index is 12.6. The van der Waals surface area contributed by atoms with Crippen LogP contribution in [-0.4, -0.2) is 49.3 Å². The first kappa shape index (κ1) is 54.8. The van der Waals surface area contributed by atoms with Crippen LogP contribution in [0.15, 0.2) is 12.2 Å². The van der Waals surface area contributed by atoms with E-state index in [-0.39, 0.29) is 38.6 Å². The smallest absolute Gasteiger partial charge is 0.462 e. The number of carbonyl (C=O) groups is 2. The minimum Gasteiger partial charge on any atom is -0.462 e. The minimum atomic E-state index is -4.38. The average molecular weight is 816 g/mol. The predicted octanol–water partition coefficient (Wildman–Crippen LogP) is 13.8. The molecule has 0 rings (SSSR count). The number of phosphoric ester groups is 1. The van der Waals surface area contributed by atoms with Gasteiger partial charge in [0.15, 0.2) is 6.10 Å². The Morgan fingerprint density at radius 1 is 0.518 bits per heavy atom. The van der Waals surface area contributed by atoms with E-state index in [9.17, 15) is 19.0 Å². The standard InChI is InChI=1S/C46H90NO8P/c1-3-5-7-9-11-13-15-17-19-21-22-23-25-26-28-30-32-34-36-38-45(48)52-42-44(43-54-56(50,51)53-41-40-47)55-46(49)39-37-35-33-31-29-27-24-20-18-16-14-12-10-8-6-4-2/h20,24,44H,3-19,21-23,25-43,47H2,1-2H3,(H,50,51)/b24-20-. The minimum absolute atomic E-state index is 0.0550. The molecule has 0 saturated heterocycles. The molecule has 10 heteroatoms. The maximum Gasteiger partial charge on any atom is 0.472 e. The fourth-order valence-electron chi connectivity index (χ4n) is 6.87. The monoisotopic (exact) mass is 816 g/mol. The van der Waals surface area contributed by atoms with Gasteiger partial charge in [-0.2, -0.15) is 0 Å². The molecule has 9 nitrogen and oxygen atoms in total. The topological polar surface area (TPSA) is 134 Å². The van der Waals surface area contributed by atoms with E-state index in [1.54, 1.807) is 0 Å². The number of rotatable bonds is 45. The van der Waals surface area contributed by atoms with Gasteiger partial charge in [-0.05, 0) is 38.5 Å². The van der Waals surface area contributed by atoms with E-state index in [0.717, 1.165) is 51.4 Å². The van der Waals surface area contributed by atoms with Crippen molar-refractivity contribution < 1.29 is 37.6 Å². The van der Waals surface area contributed by atoms with Crippen LogP contribution in [0.25, 0.3) is 0 Å². The second-order valence-electron chi connectivity index (χ2n) is 16.0. The van der Waals surface area contributed by atoms with E-state index in [0.29, 0.717) is 6.42 Å². The number of allylic oxidation sites excluding steroid dienone is 2. The highest BCUT2D eigenvalue weighted by Crippen LogP contribution is 2.43. The van der Waals surface area contributed by atoms with Crippen LogP contribution >= 0.6 is 7.82 Å². The highest BCUT2D eigenvalue weighted by molar-refractivity contribution is 7.47. The molecule has 0 bridgehead atoms. The van der Waals surface area contributed by atoms with Gasteiger partial charge in [-0.3, -0.25) is 18.6 Å². The van der Waals surface area contributed by atoms with Gasteiger partial charge < -0.3 is 20.1 Å². The zero-order valence-corrected chi connectivity index (χ0v) is 37.5. The van der Waals surface area contributed by atoms with Crippen molar-refractivity contribution in [3.05, 3.63) is 12.2 Å². The molecule has 0 aromatic heterocycles. The van der Waals surface area contributed by atoms with Crippen molar-refractivity contribution in [2.24, 2.45) is 5.73 Å². The van der Waals surface area contributed by atoms with Crippen LogP contribution in [0.3, 0.4) is 0 Å². The third-order valence-corrected chi connectivity index (χ3v) is 11.4. The fraction of sp³-hybridized carbons (Fsp3) is 0.913. The lowest BCUT2D eigenvalue weighted by Crippen LogP contribution is -2.29. The molecule has 0 aliphatic heterocycles. The molecule has 0 radical (unpaired) electrons. The van der Waals surface area contributed by atoms with Gasteiger partial charge >= 0.3 is 19.8 Å². The normalized spacial score (nSPS) is 13.3. The van der Waals surface area contributed by atoms with Gasteiger partial charge in [0.05, 0.1) is 13.2 Å². The van der Waals surface area contributed by atoms with Gasteiger partial charge in [-0.1, -0.05) is 199 Å². The van der Waals surface area contributed by atoms with Gasteiger partial charge in [0.1, 0.15) is 6.61 Å². The molecule has 0 aromatic carbocycles. The van der Waals surface area contributed by atoms with E-state index in [2.05, 4.69) is 26.0 Å². The summed E-state index contributed by atoms with van der Waals surface area (Å²) in [6.07, 6.45) is 45.3. The van der Waals surface area contributed by atoms with E-state index >= 15 is 0 Å². The van der Waals surface area contributed by atoms with Crippen LogP contribution in [0.5, 0.6) is 0 Å². The molecular weight excluding hydrogens is 725 g/mol. The van der Waals surface area contributed by atoms with Crippen LogP contribution < -0.4 is 5.73 Å². The molecule has 2 unspecified atom stereocenters. The Morgan fingerprint density at radius 2 is 0.875 bits per heavy atom. The largest absolute Gasteiger partial charge is 0.472 e. The van der Waals surface area contributed by atoms with Crippen molar-refractivity contribution in [3.63, 3.8) is 0 Å². The third-order valence-electron chi connectivity index (χ3n) is 10.4. The van der Waals surface area contributed by atoms with Gasteiger partial charge in [-0.25, -0.2) is 4.57 Å². The molecule has 2 atom stereocenters. The Morgan fingerprint density at radius 3 is 1.27 bits per heavy atom. The van der Waals surface area contributed by atoms with Crippen molar-refractivity contribution in [2.45, 2.75) is 245 Å². The predicted molar refractivity (Wildman–Crippen MR) is 234 cm³/mol. The maximum absolute atomic E-state index is 12.6. The quantitative estimate of drug-likeness (QED) is 0.0266. The van der Waals surface area contributed by atoms with E-state index in [1.165, 1.54) is 154 Å². The number of nitrogens with two attached hydrogens (primary N) is 1. The summed E-state index contributed by atoms with van der Waals surface area (Å²) in [6, 6.07) is 0. The van der Waals surface area contributed by atoms with Crippen molar-refractivity contribution >= 4 is 19.8 Å². The first-order valence-electron chi connectivity index (χ1n) is 23.7. The molecule has 3 N–H and O–H groups in total. The number of hydrogen-bond donors (Lipinski definition) is 2. The van der Waals surface area contributed by atoms with Crippen LogP contribution in [0, 0.1) is 0 Å². The summed E-state index contributed by atoms with van der Waals surface area (Å²) >= 11 is 0. The second kappa shape index (κ2) is 43.3. The summed E-state index contributed by atoms with van der Waals surface area (Å²) in [5, 5.41) is 0. The van der Waals surface area contributed by atoms with Crippen molar-refractivity contribution in [1.29, 1.82) is 0 Å². The molecule has 0 amide bonds. The van der Waals surface area contributed by atoms with Gasteiger partial charge in [0, 0.05) is 19.4 Å². The Bertz CT molecular complexity index is 933. The van der Waals surface area contributed by atoms with Crippen LogP contribution in [0.4, 0.5) is 0 Å². The van der Waals surface area contributed by atoms with Crippen LogP contribution in [0.1, 0.15) is 239 Å². The zero-order valence-electron chi connectivity index (χ0n) is 36.6. The Balaban J connectivity index is 4.06. The van der Waals surface area contributed by atoms with E-state index in [4.69, 9.17) is 24.3 Å². The fourth-order valence-corrected chi connectivity index (χ4v) is 7.63. The molecule has 0 saturated carbocycles. The highest BCUT2D eigenvalue weighted by Gasteiger charge is 2.26. The molecule has 0 aliphatic rings. The molecule has 0 spiro atoms. The van der Waals surface area contributed by atoms with Gasteiger partial charge in [0.2, 0.25) is 0 Å². The van der Waals surface area contributed by atoms with E-state index in [1.807, 2.05) is 0 Å². The molecule has 332 valence electrons. The average Bonchev–Trinajstić information content (AvgIpc) is 3.18. The summed E-state index contributed by atoms with van der Waals surface area (Å²) in [6.45, 7) is 3.76. The summed E-state index contributed by atoms with van der Waals surface area (Å²) in [7, 11) is -4.38. The molecule has 0 heterocycles. The molecule has 0 fully saturated rings. The van der Waals surface area contributed by atoms with Crippen LogP contribution in [-0.2, 0) is 32.7 Å². The molecule has 0 aliphatic carbocycles. The van der Waals surface area contributed by atoms with Crippen molar-refractivity contribution in [3.8, 4) is 0 Å². The van der Waals surface area contributed by atoms with Crippen LogP contribution in [0.2, 0.25) is 0 Å². The number of phosphoric acid groups is 1. The number of unbranched alkanes of at least 4 members (excludes halogenated alkanes) is 30. The van der Waals surface area contributed by atoms with Crippen molar-refractivity contribution in [2.75, 3.05) is 26.4 Å². The first-order chi connectivity index (χ1) is 27.3. The number of carbonyl (C=O) groups excluding carboxylic acids is 2. The van der Waals surface area contributed by atoms with Crippen molar-refractivity contribution in [1.82, 2.24) is 0 Å². The Labute approximate surface area is 345 Å². The molecular formula is C46H90NO8P. The summed E-state index contributed by atoms with van der Waals surface area (Å²) in [5.41, 5.74) is 5.36. The summed E-state index contributed by atoms with van der Waals surface area (Å²) in [4.78, 5) is 34.9. The number of hydrogen-bond acceptors (Lipinski definition) is 8. The molecule has 56 heavy (non-hydrogen) atoms. The summed E-state index contributed by atoms with van der Waals surface area (Å²) < 4.78 is 32.8. The lowest BCUT2D eigenvalue weighted by atomic mass is 10.0. The third kappa shape index (κ3) is 42.4.